The lowest BCUT2D eigenvalue weighted by molar-refractivity contribution is -0.131. The molecule has 1 saturated heterocycles. The molecule has 7 nitrogen and oxygen atoms in total. The van der Waals surface area contributed by atoms with E-state index in [1.807, 2.05) is 53.4 Å². The smallest absolute Gasteiger partial charge is 0.229 e. The second-order valence-electron chi connectivity index (χ2n) is 7.54. The van der Waals surface area contributed by atoms with Crippen LogP contribution in [0.5, 0.6) is 0 Å². The number of anilines is 1. The minimum absolute atomic E-state index is 0.154. The summed E-state index contributed by atoms with van der Waals surface area (Å²) in [6.07, 6.45) is 0.854. The molecular formula is C23H27ClN4O3. The molecule has 1 heterocycles. The van der Waals surface area contributed by atoms with Crippen LogP contribution in [0, 0.1) is 0 Å². The summed E-state index contributed by atoms with van der Waals surface area (Å²) in [5.74, 6) is -0.886. The summed E-state index contributed by atoms with van der Waals surface area (Å²) in [4.78, 5) is 39.4. The highest BCUT2D eigenvalue weighted by atomic mass is 35.5. The molecule has 1 fully saturated rings. The van der Waals surface area contributed by atoms with Crippen molar-refractivity contribution in [1.29, 1.82) is 0 Å². The Morgan fingerprint density at radius 3 is 2.32 bits per heavy atom. The Kier molecular flexibility index (Phi) is 7.89. The van der Waals surface area contributed by atoms with Crippen molar-refractivity contribution in [3.05, 3.63) is 64.7 Å². The lowest BCUT2D eigenvalue weighted by Crippen LogP contribution is -2.49. The third kappa shape index (κ3) is 6.72. The molecule has 0 unspecified atom stereocenters. The van der Waals surface area contributed by atoms with Gasteiger partial charge in [-0.1, -0.05) is 41.9 Å². The highest BCUT2D eigenvalue weighted by Crippen LogP contribution is 2.22. The first-order chi connectivity index (χ1) is 14.9. The Hall–Kier alpha value is -3.06. The zero-order chi connectivity index (χ0) is 22.2. The third-order valence-electron chi connectivity index (χ3n) is 5.32. The maximum atomic E-state index is 12.6. The van der Waals surface area contributed by atoms with Crippen LogP contribution < -0.4 is 16.0 Å². The number of carbonyl (C=O) groups excluding carboxylic acids is 3. The van der Waals surface area contributed by atoms with Crippen molar-refractivity contribution in [2.45, 2.75) is 25.8 Å². The maximum Gasteiger partial charge on any atom is 0.229 e. The van der Waals surface area contributed by atoms with Gasteiger partial charge >= 0.3 is 0 Å². The summed E-state index contributed by atoms with van der Waals surface area (Å²) in [6, 6.07) is 15.4. The minimum atomic E-state index is -0.650. The van der Waals surface area contributed by atoms with Crippen molar-refractivity contribution in [3.63, 3.8) is 0 Å². The summed E-state index contributed by atoms with van der Waals surface area (Å²) >= 11 is 5.91. The number of piperazine rings is 1. The van der Waals surface area contributed by atoms with Gasteiger partial charge in [-0.15, -0.1) is 0 Å². The monoisotopic (exact) mass is 442 g/mol. The molecule has 0 spiro atoms. The largest absolute Gasteiger partial charge is 0.369 e. The first kappa shape index (κ1) is 22.6. The first-order valence-corrected chi connectivity index (χ1v) is 10.7. The molecule has 3 N–H and O–H groups in total. The second-order valence-corrected chi connectivity index (χ2v) is 7.98. The second kappa shape index (κ2) is 10.8. The summed E-state index contributed by atoms with van der Waals surface area (Å²) in [6.45, 7) is 3.07. The van der Waals surface area contributed by atoms with Gasteiger partial charge in [0.1, 0.15) is 6.42 Å². The van der Waals surface area contributed by atoms with Gasteiger partial charge in [-0.2, -0.15) is 0 Å². The fraction of sp³-hybridized carbons (Fsp3) is 0.348. The zero-order valence-electron chi connectivity index (χ0n) is 17.4. The lowest BCUT2D eigenvalue weighted by Gasteiger charge is -2.37. The van der Waals surface area contributed by atoms with E-state index in [0.717, 1.165) is 29.9 Å². The number of carbonyl (C=O) groups is 3. The van der Waals surface area contributed by atoms with Crippen LogP contribution >= 0.6 is 11.6 Å². The van der Waals surface area contributed by atoms with E-state index in [9.17, 15) is 14.4 Å². The average Bonchev–Trinajstić information content (AvgIpc) is 2.77. The van der Waals surface area contributed by atoms with E-state index >= 15 is 0 Å². The van der Waals surface area contributed by atoms with E-state index in [4.69, 9.17) is 17.3 Å². The molecule has 31 heavy (non-hydrogen) atoms. The molecule has 0 atom stereocenters. The highest BCUT2D eigenvalue weighted by molar-refractivity contribution is 6.30. The third-order valence-corrected chi connectivity index (χ3v) is 5.57. The van der Waals surface area contributed by atoms with Crippen LogP contribution in [-0.4, -0.2) is 48.8 Å². The molecule has 0 bridgehead atoms. The van der Waals surface area contributed by atoms with Crippen molar-refractivity contribution in [1.82, 2.24) is 10.2 Å². The van der Waals surface area contributed by atoms with Crippen LogP contribution in [0.3, 0.4) is 0 Å². The van der Waals surface area contributed by atoms with Crippen LogP contribution in [-0.2, 0) is 27.3 Å². The van der Waals surface area contributed by atoms with Crippen molar-refractivity contribution >= 4 is 35.0 Å². The molecule has 3 rings (SSSR count). The van der Waals surface area contributed by atoms with Gasteiger partial charge in [0.2, 0.25) is 17.7 Å². The van der Waals surface area contributed by atoms with E-state index in [-0.39, 0.29) is 12.3 Å². The average molecular weight is 443 g/mol. The van der Waals surface area contributed by atoms with Gasteiger partial charge in [-0.05, 0) is 35.7 Å². The number of rotatable bonds is 8. The van der Waals surface area contributed by atoms with Gasteiger partial charge in [0, 0.05) is 49.9 Å². The molecule has 0 aromatic heterocycles. The maximum absolute atomic E-state index is 12.6. The predicted octanol–water partition coefficient (Wildman–Crippen LogP) is 2.11. The van der Waals surface area contributed by atoms with Crippen LogP contribution in [0.1, 0.15) is 24.0 Å². The van der Waals surface area contributed by atoms with Crippen LogP contribution in [0.4, 0.5) is 5.69 Å². The van der Waals surface area contributed by atoms with Gasteiger partial charge in [0.25, 0.3) is 0 Å². The normalized spacial score (nSPS) is 13.7. The number of halogens is 1. The Labute approximate surface area is 187 Å². The molecule has 8 heteroatoms. The van der Waals surface area contributed by atoms with Gasteiger partial charge < -0.3 is 20.9 Å². The number of amides is 3. The quantitative estimate of drug-likeness (QED) is 0.612. The topological polar surface area (TPSA) is 95.7 Å². The van der Waals surface area contributed by atoms with Gasteiger partial charge in [-0.3, -0.25) is 14.4 Å². The van der Waals surface area contributed by atoms with Crippen LogP contribution in [0.2, 0.25) is 5.02 Å². The lowest BCUT2D eigenvalue weighted by atomic mass is 10.1. The number of nitrogens with zero attached hydrogens (tertiary/aromatic N) is 2. The molecule has 0 aliphatic carbocycles. The summed E-state index contributed by atoms with van der Waals surface area (Å²) in [7, 11) is 0. The number of aryl methyl sites for hydroxylation is 1. The molecule has 0 saturated carbocycles. The molecule has 3 amide bonds. The van der Waals surface area contributed by atoms with E-state index < -0.39 is 11.8 Å². The Morgan fingerprint density at radius 2 is 1.65 bits per heavy atom. The van der Waals surface area contributed by atoms with E-state index in [0.29, 0.717) is 37.5 Å². The number of nitrogens with one attached hydrogen (secondary N) is 1. The van der Waals surface area contributed by atoms with E-state index in [1.54, 1.807) is 0 Å². The zero-order valence-corrected chi connectivity index (χ0v) is 18.1. The van der Waals surface area contributed by atoms with Crippen molar-refractivity contribution in [2.75, 3.05) is 31.1 Å². The van der Waals surface area contributed by atoms with Gasteiger partial charge in [0.15, 0.2) is 0 Å². The molecule has 2 aromatic rings. The SMILES string of the molecule is NC(=O)CC(=O)NCc1ccccc1N1CCN(C(=O)CCc2ccc(Cl)cc2)CC1. The molecule has 2 aromatic carbocycles. The standard InChI is InChI=1S/C23H27ClN4O3/c24-19-8-5-17(6-9-19)7-10-23(31)28-13-11-27(12-14-28)20-4-2-1-3-18(20)16-26-22(30)15-21(25)29/h1-6,8-9H,7,10-16H2,(H2,25,29)(H,26,30). The molecule has 1 aliphatic rings. The first-order valence-electron chi connectivity index (χ1n) is 10.3. The number of primary amides is 1. The summed E-state index contributed by atoms with van der Waals surface area (Å²) < 4.78 is 0. The fourth-order valence-electron chi connectivity index (χ4n) is 3.64. The van der Waals surface area contributed by atoms with E-state index in [2.05, 4.69) is 10.2 Å². The van der Waals surface area contributed by atoms with Gasteiger partial charge in [0.05, 0.1) is 0 Å². The predicted molar refractivity (Wildman–Crippen MR) is 121 cm³/mol. The Bertz CT molecular complexity index is 925. The molecule has 164 valence electrons. The van der Waals surface area contributed by atoms with E-state index in [1.165, 1.54) is 0 Å². The molecule has 1 aliphatic heterocycles. The fourth-order valence-corrected chi connectivity index (χ4v) is 3.77. The number of nitrogens with two attached hydrogens (primary N) is 1. The molecule has 0 radical (unpaired) electrons. The van der Waals surface area contributed by atoms with Crippen LogP contribution in [0.25, 0.3) is 0 Å². The van der Waals surface area contributed by atoms with Gasteiger partial charge in [-0.25, -0.2) is 0 Å². The minimum Gasteiger partial charge on any atom is -0.369 e. The number of para-hydroxylation sites is 1. The Morgan fingerprint density at radius 1 is 0.968 bits per heavy atom. The Balaban J connectivity index is 1.51. The van der Waals surface area contributed by atoms with Crippen molar-refractivity contribution in [3.8, 4) is 0 Å². The van der Waals surface area contributed by atoms with Crippen molar-refractivity contribution in [2.24, 2.45) is 5.73 Å². The summed E-state index contributed by atoms with van der Waals surface area (Å²) in [5.41, 5.74) is 8.15. The number of hydrogen-bond acceptors (Lipinski definition) is 4. The summed E-state index contributed by atoms with van der Waals surface area (Å²) in [5, 5.41) is 3.43. The number of hydrogen-bond donors (Lipinski definition) is 2. The number of benzene rings is 2. The van der Waals surface area contributed by atoms with Crippen LogP contribution in [0.15, 0.2) is 48.5 Å². The highest BCUT2D eigenvalue weighted by Gasteiger charge is 2.22. The van der Waals surface area contributed by atoms with Crippen molar-refractivity contribution < 1.29 is 14.4 Å². The molecular weight excluding hydrogens is 416 g/mol.